The van der Waals surface area contributed by atoms with Gasteiger partial charge in [0.25, 0.3) is 11.8 Å². The first-order valence-corrected chi connectivity index (χ1v) is 11.9. The van der Waals surface area contributed by atoms with Crippen LogP contribution in [-0.2, 0) is 4.79 Å². The molecule has 33 heavy (non-hydrogen) atoms. The summed E-state index contributed by atoms with van der Waals surface area (Å²) in [5.41, 5.74) is 0.130. The zero-order valence-corrected chi connectivity index (χ0v) is 22.2. The number of benzene rings is 1. The Morgan fingerprint density at radius 3 is 2.36 bits per heavy atom. The summed E-state index contributed by atoms with van der Waals surface area (Å²) >= 11 is 6.35. The number of nitrogens with one attached hydrogen (secondary N) is 1. The van der Waals surface area contributed by atoms with Gasteiger partial charge in [0.15, 0.2) is 0 Å². The lowest BCUT2D eigenvalue weighted by molar-refractivity contribution is -0.155. The largest absolute Gasteiger partial charge is 0.381 e. The van der Waals surface area contributed by atoms with Gasteiger partial charge < -0.3 is 20.2 Å². The molecule has 7 nitrogen and oxygen atoms in total. The monoisotopic (exact) mass is 498 g/mol. The standard InChI is InChI=1S/C24H37ClN4O3.H2S/c1-16(2)24(3,32)23(31)28-12-9-19(10-13-28)29-11-8-18(15-29)26-17-6-7-20(21(25)14-17)22(30)27(4)5;/h6-7,14,16,18-19,26,32H,8-13,15H2,1-5H3;1H2/t18-,24?;/m0./s1. The lowest BCUT2D eigenvalue weighted by Crippen LogP contribution is -2.54. The first-order valence-electron chi connectivity index (χ1n) is 11.5. The molecular weight excluding hydrogens is 460 g/mol. The molecule has 2 saturated heterocycles. The molecule has 2 fully saturated rings. The summed E-state index contributed by atoms with van der Waals surface area (Å²) in [4.78, 5) is 30.7. The van der Waals surface area contributed by atoms with Gasteiger partial charge in [-0.25, -0.2) is 0 Å². The van der Waals surface area contributed by atoms with Crippen LogP contribution in [0.5, 0.6) is 0 Å². The Morgan fingerprint density at radius 1 is 1.18 bits per heavy atom. The molecule has 0 radical (unpaired) electrons. The molecule has 2 heterocycles. The number of carbonyl (C=O) groups is 2. The van der Waals surface area contributed by atoms with Gasteiger partial charge in [-0.1, -0.05) is 25.4 Å². The number of hydrogen-bond donors (Lipinski definition) is 2. The van der Waals surface area contributed by atoms with Crippen LogP contribution in [0.3, 0.4) is 0 Å². The van der Waals surface area contributed by atoms with Crippen LogP contribution < -0.4 is 5.32 Å². The Hall–Kier alpha value is -1.48. The summed E-state index contributed by atoms with van der Waals surface area (Å²) in [6.45, 7) is 8.73. The summed E-state index contributed by atoms with van der Waals surface area (Å²) in [7, 11) is 3.43. The predicted molar refractivity (Wildman–Crippen MR) is 139 cm³/mol. The van der Waals surface area contributed by atoms with Gasteiger partial charge in [-0.3, -0.25) is 14.5 Å². The second kappa shape index (κ2) is 11.3. The molecule has 0 saturated carbocycles. The topological polar surface area (TPSA) is 76.1 Å². The molecule has 9 heteroatoms. The van der Waals surface area contributed by atoms with E-state index in [1.54, 1.807) is 27.1 Å². The molecule has 1 aromatic carbocycles. The third kappa shape index (κ3) is 6.35. The van der Waals surface area contributed by atoms with Crippen molar-refractivity contribution in [2.45, 2.75) is 57.7 Å². The number of halogens is 1. The van der Waals surface area contributed by atoms with E-state index in [1.807, 2.05) is 30.9 Å². The van der Waals surface area contributed by atoms with Crippen LogP contribution >= 0.6 is 25.1 Å². The molecule has 186 valence electrons. The molecule has 2 aliphatic rings. The Kier molecular flexibility index (Phi) is 9.50. The molecule has 1 unspecified atom stereocenters. The van der Waals surface area contributed by atoms with E-state index in [9.17, 15) is 14.7 Å². The fourth-order valence-corrected chi connectivity index (χ4v) is 4.75. The Bertz CT molecular complexity index is 841. The fourth-order valence-electron chi connectivity index (χ4n) is 4.49. The van der Waals surface area contributed by atoms with Crippen LogP contribution in [0, 0.1) is 5.92 Å². The zero-order chi connectivity index (χ0) is 23.6. The molecule has 2 aliphatic heterocycles. The number of carbonyl (C=O) groups excluding carboxylic acids is 2. The van der Waals surface area contributed by atoms with Crippen LogP contribution in [0.1, 0.15) is 50.4 Å². The molecule has 0 aliphatic carbocycles. The van der Waals surface area contributed by atoms with Crippen molar-refractivity contribution in [3.63, 3.8) is 0 Å². The zero-order valence-electron chi connectivity index (χ0n) is 20.4. The lowest BCUT2D eigenvalue weighted by atomic mass is 9.90. The number of piperidine rings is 1. The minimum atomic E-state index is -1.30. The summed E-state index contributed by atoms with van der Waals surface area (Å²) in [5, 5.41) is 14.5. The van der Waals surface area contributed by atoms with Crippen molar-refractivity contribution < 1.29 is 14.7 Å². The summed E-state index contributed by atoms with van der Waals surface area (Å²) in [6.07, 6.45) is 2.90. The molecule has 0 aromatic heterocycles. The van der Waals surface area contributed by atoms with Crippen molar-refractivity contribution in [1.29, 1.82) is 0 Å². The van der Waals surface area contributed by atoms with Crippen molar-refractivity contribution in [2.75, 3.05) is 45.6 Å². The molecule has 2 atom stereocenters. The SMILES string of the molecule is CC(C)C(C)(O)C(=O)N1CCC(N2CC[C@H](Nc3ccc(C(=O)N(C)C)c(Cl)c3)C2)CC1.S. The summed E-state index contributed by atoms with van der Waals surface area (Å²) < 4.78 is 0. The smallest absolute Gasteiger partial charge is 0.254 e. The van der Waals surface area contributed by atoms with Crippen molar-refractivity contribution in [3.05, 3.63) is 28.8 Å². The number of anilines is 1. The Balaban J connectivity index is 0.00000385. The Labute approximate surface area is 209 Å². The molecule has 2 N–H and O–H groups in total. The third-order valence-electron chi connectivity index (χ3n) is 7.02. The van der Waals surface area contributed by atoms with E-state index >= 15 is 0 Å². The van der Waals surface area contributed by atoms with Gasteiger partial charge in [-0.15, -0.1) is 0 Å². The van der Waals surface area contributed by atoms with Crippen LogP contribution in [-0.4, -0.2) is 89.6 Å². The van der Waals surface area contributed by atoms with E-state index in [4.69, 9.17) is 11.6 Å². The minimum absolute atomic E-state index is 0. The van der Waals surface area contributed by atoms with E-state index < -0.39 is 5.60 Å². The number of rotatable bonds is 6. The average Bonchev–Trinajstić information content (AvgIpc) is 3.21. The van der Waals surface area contributed by atoms with E-state index in [0.717, 1.165) is 38.0 Å². The predicted octanol–water partition coefficient (Wildman–Crippen LogP) is 3.04. The highest BCUT2D eigenvalue weighted by Gasteiger charge is 2.39. The first kappa shape index (κ1) is 27.8. The fraction of sp³-hybridized carbons (Fsp3) is 0.667. The van der Waals surface area contributed by atoms with Gasteiger partial charge in [0, 0.05) is 58.0 Å². The maximum Gasteiger partial charge on any atom is 0.254 e. The second-order valence-electron chi connectivity index (χ2n) is 9.84. The van der Waals surface area contributed by atoms with Crippen molar-refractivity contribution in [2.24, 2.45) is 5.92 Å². The maximum absolute atomic E-state index is 12.7. The Morgan fingerprint density at radius 2 is 1.82 bits per heavy atom. The van der Waals surface area contributed by atoms with Gasteiger partial charge in [0.1, 0.15) is 5.60 Å². The lowest BCUT2D eigenvalue weighted by Gasteiger charge is -2.40. The van der Waals surface area contributed by atoms with E-state index in [2.05, 4.69) is 10.2 Å². The summed E-state index contributed by atoms with van der Waals surface area (Å²) in [5.74, 6) is -0.366. The van der Waals surface area contributed by atoms with Gasteiger partial charge >= 0.3 is 0 Å². The number of amides is 2. The van der Waals surface area contributed by atoms with E-state index in [0.29, 0.717) is 35.8 Å². The van der Waals surface area contributed by atoms with Crippen LogP contribution in [0.15, 0.2) is 18.2 Å². The average molecular weight is 499 g/mol. The number of nitrogens with zero attached hydrogens (tertiary/aromatic N) is 3. The van der Waals surface area contributed by atoms with Crippen molar-refractivity contribution in [3.8, 4) is 0 Å². The first-order chi connectivity index (χ1) is 15.0. The quantitative estimate of drug-likeness (QED) is 0.630. The number of likely N-dealkylation sites (tertiary alicyclic amines) is 2. The maximum atomic E-state index is 12.7. The minimum Gasteiger partial charge on any atom is -0.381 e. The molecule has 1 aromatic rings. The van der Waals surface area contributed by atoms with E-state index in [-0.39, 0.29) is 31.2 Å². The second-order valence-corrected chi connectivity index (χ2v) is 10.3. The van der Waals surface area contributed by atoms with E-state index in [1.165, 1.54) is 4.90 Å². The van der Waals surface area contributed by atoms with Crippen molar-refractivity contribution >= 4 is 42.6 Å². The van der Waals surface area contributed by atoms with Crippen LogP contribution in [0.4, 0.5) is 5.69 Å². The molecule has 2 amide bonds. The number of aliphatic hydroxyl groups is 1. The van der Waals surface area contributed by atoms with Gasteiger partial charge in [-0.05, 0) is 50.3 Å². The molecular formula is C24H39ClN4O3S. The highest BCUT2D eigenvalue weighted by atomic mass is 35.5. The van der Waals surface area contributed by atoms with Crippen LogP contribution in [0.2, 0.25) is 5.02 Å². The molecule has 0 spiro atoms. The van der Waals surface area contributed by atoms with Crippen LogP contribution in [0.25, 0.3) is 0 Å². The van der Waals surface area contributed by atoms with Gasteiger partial charge in [-0.2, -0.15) is 13.5 Å². The molecule has 3 rings (SSSR count). The molecule has 0 bridgehead atoms. The van der Waals surface area contributed by atoms with Crippen molar-refractivity contribution in [1.82, 2.24) is 14.7 Å². The highest BCUT2D eigenvalue weighted by molar-refractivity contribution is 7.59. The van der Waals surface area contributed by atoms with Gasteiger partial charge in [0.05, 0.1) is 10.6 Å². The normalized spacial score (nSPS) is 21.5. The van der Waals surface area contributed by atoms with Gasteiger partial charge in [0.2, 0.25) is 0 Å². The number of hydrogen-bond acceptors (Lipinski definition) is 5. The summed E-state index contributed by atoms with van der Waals surface area (Å²) in [6, 6.07) is 6.29. The highest BCUT2D eigenvalue weighted by Crippen LogP contribution is 2.28. The third-order valence-corrected chi connectivity index (χ3v) is 7.33.